The number of likely N-dealkylation sites (tertiary alicyclic amines) is 1. The fourth-order valence-electron chi connectivity index (χ4n) is 10.6. The van der Waals surface area contributed by atoms with Crippen LogP contribution in [0.15, 0.2) is 54.1 Å². The fraction of sp³-hybridized carbons (Fsp3) is 0.660. The number of nitrogens with zero attached hydrogens (tertiary/aromatic N) is 4. The first-order chi connectivity index (χ1) is 32.5. The van der Waals surface area contributed by atoms with Crippen molar-refractivity contribution < 1.29 is 43.0 Å². The Morgan fingerprint density at radius 3 is 2.19 bits per heavy atom. The lowest BCUT2D eigenvalue weighted by molar-refractivity contribution is -0.150. The number of rotatable bonds is 27. The van der Waals surface area contributed by atoms with Gasteiger partial charge in [-0.15, -0.1) is 11.3 Å². The second-order valence-electron chi connectivity index (χ2n) is 20.2. The molecule has 0 bridgehead atoms. The highest BCUT2D eigenvalue weighted by atomic mass is 32.1. The Labute approximate surface area is 408 Å². The van der Waals surface area contributed by atoms with E-state index in [-0.39, 0.29) is 84.2 Å². The van der Waals surface area contributed by atoms with Gasteiger partial charge in [0.2, 0.25) is 17.7 Å². The van der Waals surface area contributed by atoms with Gasteiger partial charge in [0.1, 0.15) is 5.78 Å². The number of carbonyl (C=O) groups excluding carboxylic acids is 7. The molecule has 2 aliphatic heterocycles. The van der Waals surface area contributed by atoms with Crippen molar-refractivity contribution in [1.82, 2.24) is 25.0 Å². The number of imide groups is 1. The van der Waals surface area contributed by atoms with E-state index in [0.717, 1.165) is 49.1 Å². The number of methoxy groups -OCH3 is 2. The Kier molecular flexibility index (Phi) is 20.7. The third-order valence-corrected chi connectivity index (χ3v) is 15.6. The molecule has 5 amide bonds. The number of aromatic nitrogens is 1. The van der Waals surface area contributed by atoms with E-state index in [2.05, 4.69) is 22.4 Å². The molecule has 5 rings (SSSR count). The summed E-state index contributed by atoms with van der Waals surface area (Å²) in [5.41, 5.74) is -0.0885. The van der Waals surface area contributed by atoms with Gasteiger partial charge in [-0.2, -0.15) is 0 Å². The fourth-order valence-corrected chi connectivity index (χ4v) is 11.4. The van der Waals surface area contributed by atoms with Crippen molar-refractivity contribution in [3.8, 4) is 0 Å². The van der Waals surface area contributed by atoms with Gasteiger partial charge in [-0.3, -0.25) is 38.5 Å². The normalized spacial score (nSPS) is 19.5. The van der Waals surface area contributed by atoms with Crippen molar-refractivity contribution in [2.24, 2.45) is 23.7 Å². The zero-order valence-electron chi connectivity index (χ0n) is 41.8. The number of thiazole rings is 1. The number of hydrogen-bond acceptors (Lipinski definition) is 11. The number of ether oxygens (including phenoxy) is 2. The SMILES string of the molecule is CO[C@H]([C@@H](C)C(=O)C[C@@H](Cc1ccccc1)c1nccs1)[C@@H]1CCCN1C(=O)C[C@@H](OC)[C@H](C1CCCCC1)N(C)C(=O)[C@@H](CC(=O)C(C)(C)NC(=O)CCCCCN1C(=O)C=CC1=O)C(C)C. The van der Waals surface area contributed by atoms with E-state index in [1.54, 1.807) is 57.5 Å². The quantitative estimate of drug-likeness (QED) is 0.0699. The molecule has 1 saturated carbocycles. The van der Waals surface area contributed by atoms with Crippen molar-refractivity contribution in [3.05, 3.63) is 64.6 Å². The van der Waals surface area contributed by atoms with Crippen molar-refractivity contribution >= 4 is 52.4 Å². The number of carbonyl (C=O) groups is 7. The monoisotopic (exact) mass is 960 g/mol. The smallest absolute Gasteiger partial charge is 0.253 e. The second-order valence-corrected chi connectivity index (χ2v) is 21.1. The van der Waals surface area contributed by atoms with Crippen LogP contribution in [0.1, 0.15) is 141 Å². The van der Waals surface area contributed by atoms with Gasteiger partial charge < -0.3 is 24.6 Å². The summed E-state index contributed by atoms with van der Waals surface area (Å²) in [4.78, 5) is 104. The highest BCUT2D eigenvalue weighted by Crippen LogP contribution is 2.36. The molecular weight excluding hydrogens is 883 g/mol. The molecule has 0 unspecified atom stereocenters. The Balaban J connectivity index is 1.23. The van der Waals surface area contributed by atoms with Crippen LogP contribution in [0.2, 0.25) is 0 Å². The Morgan fingerprint density at radius 1 is 0.882 bits per heavy atom. The lowest BCUT2D eigenvalue weighted by Crippen LogP contribution is -2.55. The molecule has 2 aromatic rings. The van der Waals surface area contributed by atoms with Crippen molar-refractivity contribution in [2.45, 2.75) is 167 Å². The molecule has 1 aromatic heterocycles. The predicted molar refractivity (Wildman–Crippen MR) is 262 cm³/mol. The summed E-state index contributed by atoms with van der Waals surface area (Å²) in [5.74, 6) is -2.77. The number of Topliss-reactive ketones (excluding diaryl/α,β-unsaturated/α-hetero) is 2. The maximum absolute atomic E-state index is 14.8. The van der Waals surface area contributed by atoms with Crippen molar-refractivity contribution in [2.75, 3.05) is 34.4 Å². The number of ketones is 2. The highest BCUT2D eigenvalue weighted by molar-refractivity contribution is 7.09. The van der Waals surface area contributed by atoms with E-state index in [1.807, 2.05) is 49.3 Å². The van der Waals surface area contributed by atoms with E-state index in [4.69, 9.17) is 9.47 Å². The van der Waals surface area contributed by atoms with Crippen LogP contribution in [-0.4, -0.2) is 125 Å². The van der Waals surface area contributed by atoms with Crippen LogP contribution in [-0.2, 0) is 49.5 Å². The van der Waals surface area contributed by atoms with Gasteiger partial charge in [0.25, 0.3) is 11.8 Å². The first-order valence-corrected chi connectivity index (χ1v) is 25.8. The molecule has 1 N–H and O–H groups in total. The number of benzene rings is 1. The van der Waals surface area contributed by atoms with E-state index in [0.29, 0.717) is 51.6 Å². The zero-order valence-corrected chi connectivity index (χ0v) is 42.6. The molecule has 14 nitrogen and oxygen atoms in total. The summed E-state index contributed by atoms with van der Waals surface area (Å²) in [6, 6.07) is 9.40. The Hall–Kier alpha value is -4.60. The molecule has 1 aliphatic carbocycles. The molecule has 68 heavy (non-hydrogen) atoms. The van der Waals surface area contributed by atoms with Gasteiger partial charge in [0, 0.05) is 95.1 Å². The lowest BCUT2D eigenvalue weighted by atomic mass is 9.79. The standard InChI is InChI=1S/C53H77N5O9S/c1-35(2)40(33-44(60)53(4,5)55-45(61)24-16-11-17-28-58-46(62)25-26-47(58)63)52(65)56(6)49(38-21-14-10-15-22-38)43(66-7)34-48(64)57-29-18-23-41(57)50(67-8)36(3)42(59)32-39(51-54-27-30-68-51)31-37-19-12-9-13-20-37/h9,12-13,19-20,25-27,30,35-36,38-41,43,49-50H,10-11,14-18,21-24,28-29,31-34H2,1-8H3,(H,55,61)/t36-,39+,40-,41-,43+,49-,50+/m0/s1. The summed E-state index contributed by atoms with van der Waals surface area (Å²) in [7, 11) is 5.00. The maximum Gasteiger partial charge on any atom is 0.253 e. The molecule has 7 atom stereocenters. The van der Waals surface area contributed by atoms with Crippen LogP contribution in [0.3, 0.4) is 0 Å². The Morgan fingerprint density at radius 2 is 1.57 bits per heavy atom. The summed E-state index contributed by atoms with van der Waals surface area (Å²) in [6.07, 6.45) is 12.4. The highest BCUT2D eigenvalue weighted by Gasteiger charge is 2.44. The van der Waals surface area contributed by atoms with Crippen molar-refractivity contribution in [3.63, 3.8) is 0 Å². The minimum atomic E-state index is -1.23. The topological polar surface area (TPSA) is 173 Å². The average Bonchev–Trinajstić information content (AvgIpc) is 4.11. The van der Waals surface area contributed by atoms with Crippen LogP contribution >= 0.6 is 11.3 Å². The van der Waals surface area contributed by atoms with Gasteiger partial charge in [-0.1, -0.05) is 76.8 Å². The summed E-state index contributed by atoms with van der Waals surface area (Å²) < 4.78 is 12.3. The maximum atomic E-state index is 14.8. The summed E-state index contributed by atoms with van der Waals surface area (Å²) in [6.45, 7) is 9.91. The first kappa shape index (κ1) is 54.3. The van der Waals surface area contributed by atoms with Crippen LogP contribution in [0.5, 0.6) is 0 Å². The number of nitrogens with one attached hydrogen (secondary N) is 1. The third kappa shape index (κ3) is 14.5. The minimum absolute atomic E-state index is 0.0454. The van der Waals surface area contributed by atoms with E-state index >= 15 is 0 Å². The molecule has 2 fully saturated rings. The first-order valence-electron chi connectivity index (χ1n) is 24.9. The molecule has 3 aliphatic rings. The van der Waals surface area contributed by atoms with Crippen molar-refractivity contribution in [1.29, 1.82) is 0 Å². The largest absolute Gasteiger partial charge is 0.379 e. The predicted octanol–water partition coefficient (Wildman–Crippen LogP) is 7.49. The van der Waals surface area contributed by atoms with Gasteiger partial charge in [-0.25, -0.2) is 4.98 Å². The molecule has 0 spiro atoms. The van der Waals surface area contributed by atoms with Crippen LogP contribution < -0.4 is 5.32 Å². The molecule has 374 valence electrons. The lowest BCUT2D eigenvalue weighted by Gasteiger charge is -2.43. The molecule has 15 heteroatoms. The molecule has 3 heterocycles. The third-order valence-electron chi connectivity index (χ3n) is 14.7. The molecule has 1 aromatic carbocycles. The molecule has 1 saturated heterocycles. The minimum Gasteiger partial charge on any atom is -0.379 e. The van der Waals surface area contributed by atoms with E-state index < -0.39 is 35.6 Å². The van der Waals surface area contributed by atoms with Crippen LogP contribution in [0.4, 0.5) is 0 Å². The Bertz CT molecular complexity index is 2020. The number of likely N-dealkylation sites (N-methyl/N-ethyl adjacent to an activating group) is 1. The van der Waals surface area contributed by atoms with E-state index in [1.165, 1.54) is 17.1 Å². The van der Waals surface area contributed by atoms with Crippen LogP contribution in [0.25, 0.3) is 0 Å². The summed E-state index contributed by atoms with van der Waals surface area (Å²) in [5, 5.41) is 5.75. The molecular formula is C53H77N5O9S. The molecule has 0 radical (unpaired) electrons. The van der Waals surface area contributed by atoms with E-state index in [9.17, 15) is 33.6 Å². The second kappa shape index (κ2) is 25.8. The van der Waals surface area contributed by atoms with Gasteiger partial charge in [0.05, 0.1) is 41.3 Å². The zero-order chi connectivity index (χ0) is 49.5. The number of amides is 5. The van der Waals surface area contributed by atoms with Gasteiger partial charge in [0.15, 0.2) is 5.78 Å². The number of unbranched alkanes of at least 4 members (excludes halogenated alkanes) is 2. The van der Waals surface area contributed by atoms with Gasteiger partial charge >= 0.3 is 0 Å². The van der Waals surface area contributed by atoms with Gasteiger partial charge in [-0.05, 0) is 76.2 Å². The summed E-state index contributed by atoms with van der Waals surface area (Å²) >= 11 is 1.56. The average molecular weight is 960 g/mol. The number of hydrogen-bond donors (Lipinski definition) is 1. The van der Waals surface area contributed by atoms with Crippen LogP contribution in [0, 0.1) is 23.7 Å².